The lowest BCUT2D eigenvalue weighted by Crippen LogP contribution is -2.53. The SMILES string of the molecule is NC1CNCCN1.c1ccc2nc3ccccc3cc2c1. The first-order valence-electron chi connectivity index (χ1n) is 7.27. The Morgan fingerprint density at radius 1 is 0.905 bits per heavy atom. The highest BCUT2D eigenvalue weighted by Gasteiger charge is 2.03. The molecule has 4 N–H and O–H groups in total. The smallest absolute Gasteiger partial charge is 0.0709 e. The first kappa shape index (κ1) is 13.9. The van der Waals surface area contributed by atoms with Gasteiger partial charge in [0.15, 0.2) is 0 Å². The van der Waals surface area contributed by atoms with Gasteiger partial charge in [0.25, 0.3) is 0 Å². The van der Waals surface area contributed by atoms with Crippen molar-refractivity contribution in [1.82, 2.24) is 15.6 Å². The van der Waals surface area contributed by atoms with E-state index in [-0.39, 0.29) is 6.17 Å². The molecule has 21 heavy (non-hydrogen) atoms. The Hall–Kier alpha value is -2.01. The summed E-state index contributed by atoms with van der Waals surface area (Å²) < 4.78 is 0. The minimum absolute atomic E-state index is 0.175. The van der Waals surface area contributed by atoms with Crippen molar-refractivity contribution in [2.45, 2.75) is 6.17 Å². The van der Waals surface area contributed by atoms with Gasteiger partial charge in [0.05, 0.1) is 17.2 Å². The van der Waals surface area contributed by atoms with Crippen LogP contribution in [0, 0.1) is 0 Å². The van der Waals surface area contributed by atoms with Crippen molar-refractivity contribution in [3.05, 3.63) is 54.6 Å². The monoisotopic (exact) mass is 280 g/mol. The van der Waals surface area contributed by atoms with E-state index in [2.05, 4.69) is 33.8 Å². The molecule has 108 valence electrons. The van der Waals surface area contributed by atoms with Crippen LogP contribution in [0.5, 0.6) is 0 Å². The van der Waals surface area contributed by atoms with Crippen LogP contribution in [-0.2, 0) is 0 Å². The highest BCUT2D eigenvalue weighted by atomic mass is 15.1. The van der Waals surface area contributed by atoms with Gasteiger partial charge in [-0.05, 0) is 18.2 Å². The summed E-state index contributed by atoms with van der Waals surface area (Å²) in [5.74, 6) is 0. The van der Waals surface area contributed by atoms with E-state index in [9.17, 15) is 0 Å². The number of aromatic nitrogens is 1. The molecule has 4 nitrogen and oxygen atoms in total. The predicted octanol–water partition coefficient (Wildman–Crippen LogP) is 1.85. The van der Waals surface area contributed by atoms with Crippen molar-refractivity contribution >= 4 is 21.8 Å². The van der Waals surface area contributed by atoms with E-state index in [4.69, 9.17) is 5.73 Å². The number of nitrogens with one attached hydrogen (secondary N) is 2. The first-order chi connectivity index (χ1) is 10.3. The number of fused-ring (bicyclic) bond motifs is 2. The third-order valence-corrected chi connectivity index (χ3v) is 3.50. The van der Waals surface area contributed by atoms with E-state index in [1.165, 1.54) is 10.8 Å². The highest BCUT2D eigenvalue weighted by molar-refractivity contribution is 5.92. The zero-order valence-electron chi connectivity index (χ0n) is 11.9. The maximum Gasteiger partial charge on any atom is 0.0709 e. The zero-order chi connectivity index (χ0) is 14.5. The number of hydrogen-bond acceptors (Lipinski definition) is 4. The van der Waals surface area contributed by atoms with Crippen LogP contribution in [0.1, 0.15) is 0 Å². The second kappa shape index (κ2) is 6.63. The van der Waals surface area contributed by atoms with E-state index in [1.54, 1.807) is 0 Å². The average Bonchev–Trinajstić information content (AvgIpc) is 2.54. The van der Waals surface area contributed by atoms with Crippen LogP contribution in [0.2, 0.25) is 0 Å². The normalized spacial score (nSPS) is 18.2. The molecule has 3 aromatic rings. The fourth-order valence-electron chi connectivity index (χ4n) is 2.40. The second-order valence-electron chi connectivity index (χ2n) is 5.14. The lowest BCUT2D eigenvalue weighted by Gasteiger charge is -2.19. The topological polar surface area (TPSA) is 63.0 Å². The molecule has 1 saturated heterocycles. The molecule has 1 fully saturated rings. The number of para-hydroxylation sites is 2. The maximum absolute atomic E-state index is 5.46. The summed E-state index contributed by atoms with van der Waals surface area (Å²) in [6.45, 7) is 2.95. The minimum Gasteiger partial charge on any atom is -0.315 e. The Kier molecular flexibility index (Phi) is 4.40. The fraction of sp³-hybridized carbons (Fsp3) is 0.235. The summed E-state index contributed by atoms with van der Waals surface area (Å²) >= 11 is 0. The van der Waals surface area contributed by atoms with Gasteiger partial charge in [-0.3, -0.25) is 5.32 Å². The van der Waals surface area contributed by atoms with Crippen molar-refractivity contribution in [3.63, 3.8) is 0 Å². The average molecular weight is 280 g/mol. The molecule has 4 heteroatoms. The zero-order valence-corrected chi connectivity index (χ0v) is 11.9. The molecule has 1 atom stereocenters. The molecule has 1 aliphatic rings. The van der Waals surface area contributed by atoms with Crippen molar-refractivity contribution in [3.8, 4) is 0 Å². The van der Waals surface area contributed by atoms with E-state index in [0.717, 1.165) is 30.7 Å². The quantitative estimate of drug-likeness (QED) is 0.550. The number of hydrogen-bond donors (Lipinski definition) is 3. The Bertz CT molecular complexity index is 615. The van der Waals surface area contributed by atoms with E-state index < -0.39 is 0 Å². The fourth-order valence-corrected chi connectivity index (χ4v) is 2.40. The third kappa shape index (κ3) is 3.55. The molecule has 0 bridgehead atoms. The van der Waals surface area contributed by atoms with Crippen molar-refractivity contribution in [1.29, 1.82) is 0 Å². The first-order valence-corrected chi connectivity index (χ1v) is 7.27. The van der Waals surface area contributed by atoms with Gasteiger partial charge in [-0.25, -0.2) is 4.98 Å². The van der Waals surface area contributed by atoms with Gasteiger partial charge in [0, 0.05) is 30.4 Å². The van der Waals surface area contributed by atoms with Gasteiger partial charge in [0.2, 0.25) is 0 Å². The Balaban J connectivity index is 0.000000160. The molecule has 0 aliphatic carbocycles. The van der Waals surface area contributed by atoms with Crippen LogP contribution in [0.25, 0.3) is 21.8 Å². The van der Waals surface area contributed by atoms with E-state index in [0.29, 0.717) is 0 Å². The number of nitrogens with zero attached hydrogens (tertiary/aromatic N) is 1. The Morgan fingerprint density at radius 2 is 1.52 bits per heavy atom. The van der Waals surface area contributed by atoms with E-state index in [1.807, 2.05) is 36.4 Å². The number of pyridine rings is 1. The van der Waals surface area contributed by atoms with Crippen LogP contribution in [-0.4, -0.2) is 30.8 Å². The van der Waals surface area contributed by atoms with Crippen LogP contribution >= 0.6 is 0 Å². The standard InChI is InChI=1S/C13H9N.C4H11N3/c1-3-7-12-10(5-1)9-11-6-2-4-8-13(11)14-12;5-4-3-6-1-2-7-4/h1-9H;4,6-7H,1-3,5H2. The molecular formula is C17H20N4. The summed E-state index contributed by atoms with van der Waals surface area (Å²) in [5.41, 5.74) is 7.58. The highest BCUT2D eigenvalue weighted by Crippen LogP contribution is 2.18. The van der Waals surface area contributed by atoms with Gasteiger partial charge >= 0.3 is 0 Å². The van der Waals surface area contributed by atoms with Gasteiger partial charge in [0.1, 0.15) is 0 Å². The molecule has 0 radical (unpaired) electrons. The van der Waals surface area contributed by atoms with Gasteiger partial charge in [-0.2, -0.15) is 0 Å². The molecule has 2 heterocycles. The number of piperazine rings is 1. The summed E-state index contributed by atoms with van der Waals surface area (Å²) in [5, 5.41) is 8.64. The molecule has 0 spiro atoms. The summed E-state index contributed by atoms with van der Waals surface area (Å²) in [6, 6.07) is 18.6. The summed E-state index contributed by atoms with van der Waals surface area (Å²) in [4.78, 5) is 4.58. The van der Waals surface area contributed by atoms with Crippen molar-refractivity contribution in [2.24, 2.45) is 5.73 Å². The van der Waals surface area contributed by atoms with Crippen molar-refractivity contribution < 1.29 is 0 Å². The molecule has 4 rings (SSSR count). The molecule has 1 aliphatic heterocycles. The van der Waals surface area contributed by atoms with Gasteiger partial charge in [-0.1, -0.05) is 36.4 Å². The van der Waals surface area contributed by atoms with Crippen LogP contribution in [0.15, 0.2) is 54.6 Å². The molecule has 0 amide bonds. The maximum atomic E-state index is 5.46. The second-order valence-corrected chi connectivity index (χ2v) is 5.14. The van der Waals surface area contributed by atoms with Crippen LogP contribution in [0.4, 0.5) is 0 Å². The van der Waals surface area contributed by atoms with Crippen LogP contribution < -0.4 is 16.4 Å². The molecule has 1 unspecified atom stereocenters. The van der Waals surface area contributed by atoms with Crippen molar-refractivity contribution in [2.75, 3.05) is 19.6 Å². The molecule has 2 aromatic carbocycles. The Morgan fingerprint density at radius 3 is 2.00 bits per heavy atom. The number of nitrogens with two attached hydrogens (primary N) is 1. The molecule has 0 saturated carbocycles. The van der Waals surface area contributed by atoms with Gasteiger partial charge < -0.3 is 11.1 Å². The van der Waals surface area contributed by atoms with Crippen LogP contribution in [0.3, 0.4) is 0 Å². The summed E-state index contributed by atoms with van der Waals surface area (Å²) in [7, 11) is 0. The third-order valence-electron chi connectivity index (χ3n) is 3.50. The largest absolute Gasteiger partial charge is 0.315 e. The number of rotatable bonds is 0. The number of benzene rings is 2. The lowest BCUT2D eigenvalue weighted by atomic mass is 10.1. The molecule has 1 aromatic heterocycles. The summed E-state index contributed by atoms with van der Waals surface area (Å²) in [6.07, 6.45) is 0.175. The Labute approximate surface area is 124 Å². The molecular weight excluding hydrogens is 260 g/mol. The lowest BCUT2D eigenvalue weighted by molar-refractivity contribution is 0.428. The predicted molar refractivity (Wildman–Crippen MR) is 88.1 cm³/mol. The van der Waals surface area contributed by atoms with Gasteiger partial charge in [-0.15, -0.1) is 0 Å². The minimum atomic E-state index is 0.175. The van der Waals surface area contributed by atoms with E-state index >= 15 is 0 Å².